The predicted molar refractivity (Wildman–Crippen MR) is 184 cm³/mol. The van der Waals surface area contributed by atoms with Gasteiger partial charge in [-0.3, -0.25) is 14.3 Å². The van der Waals surface area contributed by atoms with Crippen molar-refractivity contribution in [2.45, 2.75) is 91.0 Å². The number of sulfone groups is 1. The van der Waals surface area contributed by atoms with Crippen LogP contribution in [0.3, 0.4) is 0 Å². The molecule has 12 nitrogen and oxygen atoms in total. The van der Waals surface area contributed by atoms with Gasteiger partial charge in [-0.05, 0) is 81.0 Å². The van der Waals surface area contributed by atoms with E-state index >= 15 is 4.39 Å². The van der Waals surface area contributed by atoms with E-state index < -0.39 is 41.7 Å². The molecule has 0 aliphatic heterocycles. The summed E-state index contributed by atoms with van der Waals surface area (Å²) in [5, 5.41) is 14.4. The molecule has 3 aromatic rings. The first-order chi connectivity index (χ1) is 22.6. The van der Waals surface area contributed by atoms with Crippen molar-refractivity contribution in [1.82, 2.24) is 29.9 Å². The Morgan fingerprint density at radius 3 is 2.38 bits per heavy atom. The van der Waals surface area contributed by atoms with Crippen LogP contribution in [0.2, 0.25) is 25.7 Å². The number of hydrogen-bond acceptors (Lipinski definition) is 8. The summed E-state index contributed by atoms with van der Waals surface area (Å²) in [5.41, 5.74) is 2.62. The first-order valence-electron chi connectivity index (χ1n) is 16.8. The van der Waals surface area contributed by atoms with Gasteiger partial charge in [0.1, 0.15) is 34.1 Å². The van der Waals surface area contributed by atoms with Gasteiger partial charge in [0.15, 0.2) is 0 Å². The van der Waals surface area contributed by atoms with Gasteiger partial charge in [-0.25, -0.2) is 18.1 Å². The van der Waals surface area contributed by atoms with Gasteiger partial charge in [-0.15, -0.1) is 0 Å². The Hall–Kier alpha value is -3.43. The summed E-state index contributed by atoms with van der Waals surface area (Å²) in [4.78, 5) is 31.5. The van der Waals surface area contributed by atoms with Crippen LogP contribution >= 0.6 is 0 Å². The van der Waals surface area contributed by atoms with Crippen LogP contribution in [0.1, 0.15) is 54.5 Å². The Kier molecular flexibility index (Phi) is 10.9. The molecule has 3 aromatic heterocycles. The summed E-state index contributed by atoms with van der Waals surface area (Å²) in [6.45, 7) is 11.7. The quantitative estimate of drug-likeness (QED) is 0.117. The van der Waals surface area contributed by atoms with E-state index in [1.54, 1.807) is 16.8 Å². The van der Waals surface area contributed by atoms with Crippen molar-refractivity contribution >= 4 is 35.5 Å². The van der Waals surface area contributed by atoms with E-state index in [2.05, 4.69) is 45.5 Å². The summed E-state index contributed by atoms with van der Waals surface area (Å²) >= 11 is 0. The Morgan fingerprint density at radius 2 is 1.79 bits per heavy atom. The van der Waals surface area contributed by atoms with Crippen LogP contribution < -0.4 is 10.6 Å². The number of nitrogens with one attached hydrogen (secondary N) is 2. The van der Waals surface area contributed by atoms with Crippen LogP contribution in [0.5, 0.6) is 0 Å². The fourth-order valence-electron chi connectivity index (χ4n) is 6.27. The maximum Gasteiger partial charge on any atom is 0.270 e. The maximum absolute atomic E-state index is 15.7. The van der Waals surface area contributed by atoms with E-state index in [1.165, 1.54) is 16.9 Å². The highest BCUT2D eigenvalue weighted by Crippen LogP contribution is 2.51. The highest BCUT2D eigenvalue weighted by molar-refractivity contribution is 7.90. The average Bonchev–Trinajstić information content (AvgIpc) is 3.94. The Labute approximate surface area is 283 Å². The minimum absolute atomic E-state index is 0.0133. The zero-order chi connectivity index (χ0) is 34.8. The smallest absolute Gasteiger partial charge is 0.270 e. The van der Waals surface area contributed by atoms with E-state index in [1.807, 2.05) is 13.8 Å². The first-order valence-corrected chi connectivity index (χ1v) is 22.5. The van der Waals surface area contributed by atoms with E-state index in [-0.39, 0.29) is 42.0 Å². The summed E-state index contributed by atoms with van der Waals surface area (Å²) < 4.78 is 48.2. The van der Waals surface area contributed by atoms with Crippen molar-refractivity contribution < 1.29 is 27.1 Å². The molecule has 3 heterocycles. The Bertz CT molecular complexity index is 1730. The molecular weight excluding hydrogens is 654 g/mol. The van der Waals surface area contributed by atoms with Crippen molar-refractivity contribution in [1.29, 1.82) is 0 Å². The predicted octanol–water partition coefficient (Wildman–Crippen LogP) is 4.68. The van der Waals surface area contributed by atoms with Crippen molar-refractivity contribution in [3.8, 4) is 11.1 Å². The topological polar surface area (TPSA) is 150 Å². The zero-order valence-corrected chi connectivity index (χ0v) is 30.6. The van der Waals surface area contributed by atoms with Crippen molar-refractivity contribution in [3.63, 3.8) is 0 Å². The van der Waals surface area contributed by atoms with E-state index in [4.69, 9.17) is 4.74 Å². The highest BCUT2D eigenvalue weighted by Gasteiger charge is 2.48. The lowest BCUT2D eigenvalue weighted by molar-refractivity contribution is -0.119. The lowest BCUT2D eigenvalue weighted by Gasteiger charge is -2.27. The molecule has 15 heteroatoms. The summed E-state index contributed by atoms with van der Waals surface area (Å²) in [6.07, 6.45) is 7.07. The number of rotatable bonds is 17. The fourth-order valence-corrected chi connectivity index (χ4v) is 7.53. The third-order valence-electron chi connectivity index (χ3n) is 9.06. The van der Waals surface area contributed by atoms with Crippen LogP contribution in [0.4, 0.5) is 10.2 Å². The molecule has 48 heavy (non-hydrogen) atoms. The number of aryl methyl sites for hydroxylation is 2. The van der Waals surface area contributed by atoms with Gasteiger partial charge >= 0.3 is 0 Å². The maximum atomic E-state index is 15.7. The van der Waals surface area contributed by atoms with Gasteiger partial charge in [0.25, 0.3) is 5.91 Å². The molecule has 2 fully saturated rings. The molecule has 2 saturated carbocycles. The number of amides is 2. The third kappa shape index (κ3) is 9.17. The molecule has 5 rings (SSSR count). The van der Waals surface area contributed by atoms with Gasteiger partial charge in [0.2, 0.25) is 11.9 Å². The number of halogens is 1. The number of ether oxygens (including phenoxy) is 1. The Morgan fingerprint density at radius 1 is 1.10 bits per heavy atom. The molecule has 0 saturated heterocycles. The van der Waals surface area contributed by atoms with Crippen LogP contribution in [0.15, 0.2) is 24.4 Å². The van der Waals surface area contributed by atoms with Crippen LogP contribution in [-0.4, -0.2) is 77.5 Å². The lowest BCUT2D eigenvalue weighted by atomic mass is 9.88. The largest absolute Gasteiger partial charge is 0.360 e. The van der Waals surface area contributed by atoms with E-state index in [9.17, 15) is 18.0 Å². The third-order valence-corrected chi connectivity index (χ3v) is 11.7. The fraction of sp³-hybridized carbons (Fsp3) is 0.606. The summed E-state index contributed by atoms with van der Waals surface area (Å²) in [6, 6.07) is 4.83. The SMILES string of the molecule is CCc1c(-c2ccc(NC(=O)[C@@H](NC(=O)c3ccnn3CCS(C)(=O)=O)C(C3CC3)C3CC3)nc2F)c(C)nn1COCC[Si](C)(C)C. The van der Waals surface area contributed by atoms with E-state index in [0.29, 0.717) is 36.1 Å². The number of anilines is 1. The summed E-state index contributed by atoms with van der Waals surface area (Å²) in [7, 11) is -4.51. The molecule has 0 unspecified atom stereocenters. The second-order valence-electron chi connectivity index (χ2n) is 14.4. The van der Waals surface area contributed by atoms with Gasteiger partial charge in [0.05, 0.1) is 18.0 Å². The normalized spacial score (nSPS) is 15.9. The van der Waals surface area contributed by atoms with Gasteiger partial charge in [-0.1, -0.05) is 26.6 Å². The molecule has 2 aliphatic rings. The molecule has 0 bridgehead atoms. The second-order valence-corrected chi connectivity index (χ2v) is 22.3. The molecule has 2 aliphatic carbocycles. The zero-order valence-electron chi connectivity index (χ0n) is 28.8. The van der Waals surface area contributed by atoms with Crippen molar-refractivity contribution in [2.75, 3.05) is 23.9 Å². The molecular formula is C33H48FN7O5SSi. The average molecular weight is 702 g/mol. The number of aromatic nitrogens is 5. The van der Waals surface area contributed by atoms with Crippen LogP contribution in [0.25, 0.3) is 11.1 Å². The highest BCUT2D eigenvalue weighted by atomic mass is 32.2. The molecule has 2 N–H and O–H groups in total. The number of nitrogens with zero attached hydrogens (tertiary/aromatic N) is 5. The minimum Gasteiger partial charge on any atom is -0.360 e. The van der Waals surface area contributed by atoms with Gasteiger partial charge in [-0.2, -0.15) is 14.6 Å². The number of pyridine rings is 1. The number of carbonyl (C=O) groups excluding carboxylic acids is 2. The van der Waals surface area contributed by atoms with Gasteiger partial charge in [0, 0.05) is 44.0 Å². The standard InChI is InChI=1S/C33H48FN7O5SSi/c1-7-25-28(21(2)39-41(25)20-46-17-19-48(4,5)6)24-12-13-27(36-31(24)34)37-33(43)30(29(22-8-9-22)23-10-11-23)38-32(42)26-14-15-35-40(26)16-18-47(3,44)45/h12-15,22-23,29-30H,7-11,16-20H2,1-6H3,(H,38,42)(H,36,37,43)/t30-/m0/s1. The molecule has 0 radical (unpaired) electrons. The lowest BCUT2D eigenvalue weighted by Crippen LogP contribution is -2.50. The first kappa shape index (κ1) is 35.9. The van der Waals surface area contributed by atoms with Crippen molar-refractivity contribution in [2.24, 2.45) is 17.8 Å². The van der Waals surface area contributed by atoms with Crippen LogP contribution in [-0.2, 0) is 39.1 Å². The molecule has 262 valence electrons. The molecule has 0 aromatic carbocycles. The van der Waals surface area contributed by atoms with Crippen LogP contribution in [0, 0.1) is 30.6 Å². The summed E-state index contributed by atoms with van der Waals surface area (Å²) in [5.74, 6) is -1.31. The second kappa shape index (κ2) is 14.6. The minimum atomic E-state index is -3.28. The van der Waals surface area contributed by atoms with E-state index in [0.717, 1.165) is 43.7 Å². The molecule has 1 atom stereocenters. The Balaban J connectivity index is 1.33. The van der Waals surface area contributed by atoms with Crippen molar-refractivity contribution in [3.05, 3.63) is 47.4 Å². The molecule has 0 spiro atoms. The monoisotopic (exact) mass is 701 g/mol. The number of carbonyl (C=O) groups is 2. The van der Waals surface area contributed by atoms with Gasteiger partial charge < -0.3 is 15.4 Å². The molecule has 2 amide bonds. The number of hydrogen-bond donors (Lipinski definition) is 2.